The highest BCUT2D eigenvalue weighted by Gasteiger charge is 2.09. The number of nitrogen functional groups attached to an aromatic ring is 1. The minimum atomic E-state index is 0.763. The molecule has 0 atom stereocenters. The number of nitrogens with zero attached hydrogens (tertiary/aromatic N) is 3. The normalized spacial score (nSPS) is 11.1. The highest BCUT2D eigenvalue weighted by Crippen LogP contribution is 2.17. The number of imidazole rings is 1. The van der Waals surface area contributed by atoms with Gasteiger partial charge in [0, 0.05) is 11.9 Å². The van der Waals surface area contributed by atoms with E-state index in [4.69, 9.17) is 5.73 Å². The molecule has 0 radical (unpaired) electrons. The Hall–Kier alpha value is -2.36. The van der Waals surface area contributed by atoms with Gasteiger partial charge in [0.1, 0.15) is 11.3 Å². The fourth-order valence-electron chi connectivity index (χ4n) is 2.22. The van der Waals surface area contributed by atoms with Gasteiger partial charge in [-0.2, -0.15) is 0 Å². The van der Waals surface area contributed by atoms with Crippen LogP contribution in [0.5, 0.6) is 0 Å². The first kappa shape index (κ1) is 11.7. The molecule has 0 spiro atoms. The van der Waals surface area contributed by atoms with E-state index in [9.17, 15) is 0 Å². The molecule has 4 heteroatoms. The van der Waals surface area contributed by atoms with Crippen molar-refractivity contribution >= 4 is 16.9 Å². The summed E-state index contributed by atoms with van der Waals surface area (Å²) in [5.74, 6) is 0.977. The number of benzene rings is 1. The van der Waals surface area contributed by atoms with E-state index in [2.05, 4.69) is 20.6 Å². The molecule has 0 saturated carbocycles. The predicted octanol–water partition coefficient (Wildman–Crippen LogP) is 2.68. The van der Waals surface area contributed by atoms with Gasteiger partial charge in [0.05, 0.1) is 6.54 Å². The molecule has 4 nitrogen and oxygen atoms in total. The lowest BCUT2D eigenvalue weighted by atomic mass is 10.2. The zero-order chi connectivity index (χ0) is 13.4. The van der Waals surface area contributed by atoms with Gasteiger partial charge in [-0.05, 0) is 43.2 Å². The highest BCUT2D eigenvalue weighted by molar-refractivity contribution is 5.72. The quantitative estimate of drug-likeness (QED) is 0.713. The number of pyridine rings is 1. The van der Waals surface area contributed by atoms with Crippen molar-refractivity contribution in [2.24, 2.45) is 0 Å². The van der Waals surface area contributed by atoms with Gasteiger partial charge in [0.2, 0.25) is 0 Å². The van der Waals surface area contributed by atoms with Crippen molar-refractivity contribution in [1.82, 2.24) is 14.5 Å². The third kappa shape index (κ3) is 2.17. The summed E-state index contributed by atoms with van der Waals surface area (Å²) >= 11 is 0. The summed E-state index contributed by atoms with van der Waals surface area (Å²) in [5.41, 5.74) is 10.7. The number of hydrogen-bond acceptors (Lipinski definition) is 3. The topological polar surface area (TPSA) is 56.7 Å². The molecule has 0 amide bonds. The second-order valence-electron chi connectivity index (χ2n) is 4.84. The first-order chi connectivity index (χ1) is 9.13. The zero-order valence-corrected chi connectivity index (χ0v) is 11.1. The van der Waals surface area contributed by atoms with E-state index in [1.54, 1.807) is 0 Å². The summed E-state index contributed by atoms with van der Waals surface area (Å²) in [4.78, 5) is 9.05. The first-order valence-electron chi connectivity index (χ1n) is 6.27. The highest BCUT2D eigenvalue weighted by atomic mass is 15.1. The van der Waals surface area contributed by atoms with Crippen LogP contribution in [0.3, 0.4) is 0 Å². The maximum atomic E-state index is 5.71. The van der Waals surface area contributed by atoms with Gasteiger partial charge >= 0.3 is 0 Å². The van der Waals surface area contributed by atoms with Gasteiger partial charge in [0.15, 0.2) is 5.65 Å². The molecule has 1 aromatic carbocycles. The Kier molecular flexibility index (Phi) is 2.71. The lowest BCUT2D eigenvalue weighted by Crippen LogP contribution is -2.03. The molecule has 2 aromatic heterocycles. The van der Waals surface area contributed by atoms with Crippen molar-refractivity contribution in [1.29, 1.82) is 0 Å². The van der Waals surface area contributed by atoms with Gasteiger partial charge < -0.3 is 10.3 Å². The van der Waals surface area contributed by atoms with Crippen LogP contribution in [-0.2, 0) is 6.54 Å². The van der Waals surface area contributed by atoms with Crippen LogP contribution < -0.4 is 5.73 Å². The van der Waals surface area contributed by atoms with E-state index in [0.29, 0.717) is 0 Å². The monoisotopic (exact) mass is 252 g/mol. The standard InChI is InChI=1S/C15H16N4/c1-10-7-14-15(17-8-10)19(11(2)18-14)9-12-3-5-13(16)6-4-12/h3-8H,9,16H2,1-2H3. The Labute approximate surface area is 111 Å². The Morgan fingerprint density at radius 2 is 1.89 bits per heavy atom. The van der Waals surface area contributed by atoms with Gasteiger partial charge in [-0.15, -0.1) is 0 Å². The molecule has 3 rings (SSSR count). The van der Waals surface area contributed by atoms with E-state index >= 15 is 0 Å². The lowest BCUT2D eigenvalue weighted by molar-refractivity contribution is 0.777. The molecular formula is C15H16N4. The van der Waals surface area contributed by atoms with Crippen LogP contribution >= 0.6 is 0 Å². The molecule has 2 N–H and O–H groups in total. The number of nitrogens with two attached hydrogens (primary N) is 1. The SMILES string of the molecule is Cc1cnc2c(c1)nc(C)n2Cc1ccc(N)cc1. The molecule has 0 aliphatic heterocycles. The molecule has 2 heterocycles. The van der Waals surface area contributed by atoms with Crippen molar-refractivity contribution in [3.05, 3.63) is 53.5 Å². The van der Waals surface area contributed by atoms with Gasteiger partial charge in [0.25, 0.3) is 0 Å². The smallest absolute Gasteiger partial charge is 0.160 e. The molecule has 0 aliphatic rings. The number of rotatable bonds is 2. The fraction of sp³-hybridized carbons (Fsp3) is 0.200. The Morgan fingerprint density at radius 3 is 2.63 bits per heavy atom. The zero-order valence-electron chi connectivity index (χ0n) is 11.1. The van der Waals surface area contributed by atoms with Crippen LogP contribution in [-0.4, -0.2) is 14.5 Å². The van der Waals surface area contributed by atoms with E-state index in [1.807, 2.05) is 44.3 Å². The average molecular weight is 252 g/mol. The molecule has 96 valence electrons. The number of anilines is 1. The molecule has 0 saturated heterocycles. The van der Waals surface area contributed by atoms with Crippen LogP contribution in [0, 0.1) is 13.8 Å². The van der Waals surface area contributed by atoms with Crippen molar-refractivity contribution < 1.29 is 0 Å². The number of aromatic nitrogens is 3. The third-order valence-corrected chi connectivity index (χ3v) is 3.23. The number of aryl methyl sites for hydroxylation is 2. The van der Waals surface area contributed by atoms with Crippen LogP contribution in [0.1, 0.15) is 17.0 Å². The van der Waals surface area contributed by atoms with E-state index < -0.39 is 0 Å². The molecule has 19 heavy (non-hydrogen) atoms. The van der Waals surface area contributed by atoms with Crippen LogP contribution in [0.2, 0.25) is 0 Å². The van der Waals surface area contributed by atoms with E-state index in [1.165, 1.54) is 5.56 Å². The minimum Gasteiger partial charge on any atom is -0.399 e. The summed E-state index contributed by atoms with van der Waals surface area (Å²) in [7, 11) is 0. The summed E-state index contributed by atoms with van der Waals surface area (Å²) in [6, 6.07) is 9.97. The molecular weight excluding hydrogens is 236 g/mol. The summed E-state index contributed by atoms with van der Waals surface area (Å²) in [6.45, 7) is 4.80. The lowest BCUT2D eigenvalue weighted by Gasteiger charge is -2.06. The van der Waals surface area contributed by atoms with Gasteiger partial charge in [-0.3, -0.25) is 0 Å². The third-order valence-electron chi connectivity index (χ3n) is 3.23. The minimum absolute atomic E-state index is 0.763. The molecule has 3 aromatic rings. The van der Waals surface area contributed by atoms with Crippen molar-refractivity contribution in [2.75, 3.05) is 5.73 Å². The van der Waals surface area contributed by atoms with E-state index in [0.717, 1.165) is 34.8 Å². The molecule has 0 unspecified atom stereocenters. The number of fused-ring (bicyclic) bond motifs is 1. The van der Waals surface area contributed by atoms with Crippen molar-refractivity contribution in [3.8, 4) is 0 Å². The Balaban J connectivity index is 2.05. The first-order valence-corrected chi connectivity index (χ1v) is 6.27. The second kappa shape index (κ2) is 4.39. The molecule has 0 fully saturated rings. The molecule has 0 aliphatic carbocycles. The maximum absolute atomic E-state index is 5.71. The predicted molar refractivity (Wildman–Crippen MR) is 77.0 cm³/mol. The summed E-state index contributed by atoms with van der Waals surface area (Å²) in [5, 5.41) is 0. The van der Waals surface area contributed by atoms with Crippen molar-refractivity contribution in [2.45, 2.75) is 20.4 Å². The van der Waals surface area contributed by atoms with Crippen molar-refractivity contribution in [3.63, 3.8) is 0 Å². The average Bonchev–Trinajstić information content (AvgIpc) is 2.68. The van der Waals surface area contributed by atoms with Gasteiger partial charge in [-0.25, -0.2) is 9.97 Å². The summed E-state index contributed by atoms with van der Waals surface area (Å²) in [6.07, 6.45) is 1.88. The van der Waals surface area contributed by atoms with Crippen LogP contribution in [0.4, 0.5) is 5.69 Å². The number of hydrogen-bond donors (Lipinski definition) is 1. The van der Waals surface area contributed by atoms with Gasteiger partial charge in [-0.1, -0.05) is 12.1 Å². The Morgan fingerprint density at radius 1 is 1.16 bits per heavy atom. The maximum Gasteiger partial charge on any atom is 0.160 e. The van der Waals surface area contributed by atoms with E-state index in [-0.39, 0.29) is 0 Å². The second-order valence-corrected chi connectivity index (χ2v) is 4.84. The van der Waals surface area contributed by atoms with Crippen LogP contribution in [0.25, 0.3) is 11.2 Å². The fourth-order valence-corrected chi connectivity index (χ4v) is 2.22. The molecule has 0 bridgehead atoms. The largest absolute Gasteiger partial charge is 0.399 e. The Bertz CT molecular complexity index is 726. The van der Waals surface area contributed by atoms with Crippen LogP contribution in [0.15, 0.2) is 36.5 Å². The summed E-state index contributed by atoms with van der Waals surface area (Å²) < 4.78 is 2.13.